The van der Waals surface area contributed by atoms with Gasteiger partial charge >= 0.3 is 0 Å². The normalized spacial score (nSPS) is 20.2. The Balaban J connectivity index is 1.08. The Kier molecular flexibility index (Phi) is 11.8. The topological polar surface area (TPSA) is 101 Å². The number of nitrogens with zero attached hydrogens (tertiary/aromatic N) is 2. The van der Waals surface area contributed by atoms with E-state index in [4.69, 9.17) is 14.1 Å². The van der Waals surface area contributed by atoms with Gasteiger partial charge in [-0.25, -0.2) is 0 Å². The first kappa shape index (κ1) is 41.9. The summed E-state index contributed by atoms with van der Waals surface area (Å²) in [4.78, 5) is 35.5. The second-order valence-corrected chi connectivity index (χ2v) is 22.1. The molecule has 1 aromatic heterocycles. The van der Waals surface area contributed by atoms with Gasteiger partial charge in [0.1, 0.15) is 5.75 Å². The molecule has 0 unspecified atom stereocenters. The van der Waals surface area contributed by atoms with Crippen molar-refractivity contribution < 1.29 is 23.9 Å². The molecule has 0 saturated carbocycles. The van der Waals surface area contributed by atoms with E-state index in [2.05, 4.69) is 80.7 Å². The molecule has 0 radical (unpaired) electrons. The average Bonchev–Trinajstić information content (AvgIpc) is 3.83. The molecule has 9 heteroatoms. The number of nitrogens with one attached hydrogen (secondary N) is 1. The SMILES string of the molecule is CC(C)(C)[Si](OCC1=C2[C@@H](CC/C(=C/c3cccc(O)c3)c3ccccn3)OC[C@@H]2[C@@H]2C(=O)N(c3ccc(Nc4ccccc4)cc3)C(=O)[C@@H]2C1)(c1ccccc1)c1ccccc1. The highest BCUT2D eigenvalue weighted by molar-refractivity contribution is 6.99. The van der Waals surface area contributed by atoms with E-state index in [1.807, 2.05) is 97.1 Å². The van der Waals surface area contributed by atoms with Gasteiger partial charge in [-0.2, -0.15) is 0 Å². The summed E-state index contributed by atoms with van der Waals surface area (Å²) in [6.45, 7) is 7.47. The van der Waals surface area contributed by atoms with Crippen LogP contribution in [0.4, 0.5) is 17.1 Å². The Morgan fingerprint density at radius 2 is 1.44 bits per heavy atom. The van der Waals surface area contributed by atoms with E-state index in [-0.39, 0.29) is 34.6 Å². The molecule has 9 rings (SSSR count). The van der Waals surface area contributed by atoms with Crippen molar-refractivity contribution in [3.05, 3.63) is 186 Å². The summed E-state index contributed by atoms with van der Waals surface area (Å²) in [7, 11) is -2.97. The number of hydrogen-bond donors (Lipinski definition) is 2. The zero-order valence-electron chi connectivity index (χ0n) is 36.0. The smallest absolute Gasteiger partial charge is 0.261 e. The molecule has 1 aliphatic carbocycles. The second kappa shape index (κ2) is 17.8. The number of phenolic OH excluding ortho intramolecular Hbond substituents is 1. The molecule has 318 valence electrons. The van der Waals surface area contributed by atoms with Gasteiger partial charge in [-0.3, -0.25) is 19.5 Å². The van der Waals surface area contributed by atoms with E-state index in [0.717, 1.165) is 39.4 Å². The Hall–Kier alpha value is -6.39. The number of carbonyl (C=O) groups excluding carboxylic acids is 2. The molecule has 63 heavy (non-hydrogen) atoms. The zero-order chi connectivity index (χ0) is 43.6. The van der Waals surface area contributed by atoms with Crippen LogP contribution in [0, 0.1) is 17.8 Å². The van der Waals surface area contributed by atoms with E-state index in [9.17, 15) is 14.7 Å². The summed E-state index contributed by atoms with van der Waals surface area (Å²) >= 11 is 0. The Morgan fingerprint density at radius 3 is 2.08 bits per heavy atom. The summed E-state index contributed by atoms with van der Waals surface area (Å²) in [5.74, 6) is -1.52. The summed E-state index contributed by atoms with van der Waals surface area (Å²) in [5.41, 5.74) is 7.26. The standard InChI is InChI=1S/C54H53N3O5Si/c1-54(2,3)63(44-20-9-5-10-21-44,45-22-11-6-12-23-45)62-35-39-34-46-51(53(60)57(52(46)59)42-28-26-41(27-29-42)56-40-17-7-4-8-18-40)47-36-61-49(50(39)47)30-25-38(48-24-13-14-31-55-48)32-37-16-15-19-43(58)33-37/h4-24,26-29,31-33,46-47,49,51,56,58H,25,30,34-36H2,1-3H3/b38-32-/t46-,47+,49-,51-/m1/s1. The van der Waals surface area contributed by atoms with Crippen molar-refractivity contribution in [1.82, 2.24) is 4.98 Å². The minimum absolute atomic E-state index is 0.175. The van der Waals surface area contributed by atoms with Gasteiger partial charge in [-0.05, 0) is 124 Å². The number of rotatable bonds is 13. The predicted molar refractivity (Wildman–Crippen MR) is 254 cm³/mol. The highest BCUT2D eigenvalue weighted by Crippen LogP contribution is 2.51. The minimum atomic E-state index is -2.97. The lowest BCUT2D eigenvalue weighted by Gasteiger charge is -2.44. The maximum Gasteiger partial charge on any atom is 0.261 e. The molecule has 2 amide bonds. The third-order valence-electron chi connectivity index (χ3n) is 13.0. The average molecular weight is 852 g/mol. The second-order valence-electron chi connectivity index (χ2n) is 17.8. The van der Waals surface area contributed by atoms with Crippen LogP contribution in [0.1, 0.15) is 51.3 Å². The van der Waals surface area contributed by atoms with E-state index >= 15 is 0 Å². The van der Waals surface area contributed by atoms with Crippen LogP contribution in [0.3, 0.4) is 0 Å². The van der Waals surface area contributed by atoms with Gasteiger partial charge in [-0.1, -0.05) is 118 Å². The molecule has 8 nitrogen and oxygen atoms in total. The summed E-state index contributed by atoms with van der Waals surface area (Å²) in [5, 5.41) is 15.8. The molecule has 2 aliphatic heterocycles. The molecule has 0 spiro atoms. The molecule has 3 heterocycles. The van der Waals surface area contributed by atoms with Crippen LogP contribution in [-0.4, -0.2) is 49.5 Å². The number of carbonyl (C=O) groups is 2. The fourth-order valence-electron chi connectivity index (χ4n) is 10.1. The van der Waals surface area contributed by atoms with Crippen molar-refractivity contribution in [1.29, 1.82) is 0 Å². The number of amides is 2. The van der Waals surface area contributed by atoms with Crippen LogP contribution in [0.2, 0.25) is 5.04 Å². The van der Waals surface area contributed by atoms with Gasteiger partial charge in [-0.15, -0.1) is 0 Å². The zero-order valence-corrected chi connectivity index (χ0v) is 37.0. The Labute approximate surface area is 371 Å². The molecule has 2 fully saturated rings. The number of anilines is 3. The fraction of sp³-hybridized carbons (Fsp3) is 0.241. The number of pyridine rings is 1. The van der Waals surface area contributed by atoms with E-state index < -0.39 is 20.2 Å². The highest BCUT2D eigenvalue weighted by atomic mass is 28.4. The van der Waals surface area contributed by atoms with Crippen molar-refractivity contribution >= 4 is 59.2 Å². The lowest BCUT2D eigenvalue weighted by molar-refractivity contribution is -0.122. The first-order chi connectivity index (χ1) is 30.6. The van der Waals surface area contributed by atoms with Crippen molar-refractivity contribution in [3.8, 4) is 5.75 Å². The van der Waals surface area contributed by atoms with Crippen LogP contribution >= 0.6 is 0 Å². The Morgan fingerprint density at radius 1 is 0.794 bits per heavy atom. The van der Waals surface area contributed by atoms with E-state index in [1.165, 1.54) is 15.3 Å². The maximum atomic E-state index is 14.7. The number of hydrogen-bond acceptors (Lipinski definition) is 7. The number of para-hydroxylation sites is 1. The lowest BCUT2D eigenvalue weighted by Crippen LogP contribution is -2.66. The number of aromatic nitrogens is 1. The molecule has 4 atom stereocenters. The summed E-state index contributed by atoms with van der Waals surface area (Å²) < 4.78 is 14.4. The number of fused-ring (bicyclic) bond motifs is 3. The van der Waals surface area contributed by atoms with Gasteiger partial charge in [0, 0.05) is 23.5 Å². The number of phenols is 1. The van der Waals surface area contributed by atoms with Crippen molar-refractivity contribution in [2.45, 2.75) is 51.2 Å². The first-order valence-electron chi connectivity index (χ1n) is 21.9. The lowest BCUT2D eigenvalue weighted by atomic mass is 9.69. The highest BCUT2D eigenvalue weighted by Gasteiger charge is 2.58. The van der Waals surface area contributed by atoms with Crippen LogP contribution in [0.25, 0.3) is 11.6 Å². The van der Waals surface area contributed by atoms with Gasteiger partial charge in [0.2, 0.25) is 11.8 Å². The fourth-order valence-corrected chi connectivity index (χ4v) is 14.7. The monoisotopic (exact) mass is 851 g/mol. The molecule has 0 bridgehead atoms. The molecular weight excluding hydrogens is 799 g/mol. The van der Waals surface area contributed by atoms with Crippen LogP contribution in [-0.2, 0) is 18.8 Å². The quantitative estimate of drug-likeness (QED) is 0.0678. The van der Waals surface area contributed by atoms with Crippen LogP contribution in [0.5, 0.6) is 5.75 Å². The number of aromatic hydroxyl groups is 1. The number of allylic oxidation sites excluding steroid dienone is 1. The van der Waals surface area contributed by atoms with Gasteiger partial charge in [0.15, 0.2) is 0 Å². The minimum Gasteiger partial charge on any atom is -0.508 e. The number of imide groups is 1. The Bertz CT molecular complexity index is 2590. The maximum absolute atomic E-state index is 14.7. The predicted octanol–water partition coefficient (Wildman–Crippen LogP) is 9.95. The first-order valence-corrected chi connectivity index (χ1v) is 23.8. The molecule has 5 aromatic carbocycles. The van der Waals surface area contributed by atoms with Gasteiger partial charge in [0.25, 0.3) is 8.32 Å². The molecular formula is C54H53N3O5Si. The summed E-state index contributed by atoms with van der Waals surface area (Å²) in [6, 6.07) is 51.7. The van der Waals surface area contributed by atoms with E-state index in [0.29, 0.717) is 38.2 Å². The van der Waals surface area contributed by atoms with Crippen LogP contribution in [0.15, 0.2) is 175 Å². The largest absolute Gasteiger partial charge is 0.508 e. The number of ether oxygens (including phenoxy) is 1. The third-order valence-corrected chi connectivity index (χ3v) is 17.9. The van der Waals surface area contributed by atoms with Gasteiger partial charge in [0.05, 0.1) is 42.5 Å². The van der Waals surface area contributed by atoms with Crippen molar-refractivity contribution in [3.63, 3.8) is 0 Å². The third kappa shape index (κ3) is 8.32. The number of benzene rings is 5. The molecule has 3 aliphatic rings. The van der Waals surface area contributed by atoms with Crippen LogP contribution < -0.4 is 20.6 Å². The summed E-state index contributed by atoms with van der Waals surface area (Å²) in [6.07, 6.45) is 5.24. The van der Waals surface area contributed by atoms with Crippen molar-refractivity contribution in [2.24, 2.45) is 17.8 Å². The van der Waals surface area contributed by atoms with Crippen molar-refractivity contribution in [2.75, 3.05) is 23.4 Å². The molecule has 2 N–H and O–H groups in total. The molecule has 2 saturated heterocycles. The van der Waals surface area contributed by atoms with E-state index in [1.54, 1.807) is 18.3 Å². The molecule has 6 aromatic rings. The van der Waals surface area contributed by atoms with Gasteiger partial charge < -0.3 is 19.6 Å².